The van der Waals surface area contributed by atoms with E-state index in [1.54, 1.807) is 21.3 Å². The van der Waals surface area contributed by atoms with Gasteiger partial charge in [-0.25, -0.2) is 0 Å². The number of hydrogen-bond donors (Lipinski definition) is 2. The van der Waals surface area contributed by atoms with Crippen molar-refractivity contribution >= 4 is 24.8 Å². The second-order valence-electron chi connectivity index (χ2n) is 5.34. The van der Waals surface area contributed by atoms with E-state index >= 15 is 0 Å². The molecule has 0 aliphatic carbocycles. The largest absolute Gasteiger partial charge is 0.496 e. The summed E-state index contributed by atoms with van der Waals surface area (Å²) in [5, 5.41) is 6.92. The molecule has 0 spiro atoms. The van der Waals surface area contributed by atoms with Gasteiger partial charge in [-0.15, -0.1) is 24.8 Å². The van der Waals surface area contributed by atoms with E-state index in [1.807, 2.05) is 12.1 Å². The van der Waals surface area contributed by atoms with Crippen molar-refractivity contribution in [3.63, 3.8) is 0 Å². The molecule has 1 aromatic carbocycles. The Bertz CT molecular complexity index is 455. The summed E-state index contributed by atoms with van der Waals surface area (Å²) >= 11 is 0. The van der Waals surface area contributed by atoms with Gasteiger partial charge >= 0.3 is 0 Å². The van der Waals surface area contributed by atoms with E-state index < -0.39 is 0 Å². The van der Waals surface area contributed by atoms with Gasteiger partial charge in [0.25, 0.3) is 0 Å². The van der Waals surface area contributed by atoms with Crippen molar-refractivity contribution in [2.45, 2.75) is 19.4 Å². The third kappa shape index (κ3) is 6.26. The van der Waals surface area contributed by atoms with Crippen LogP contribution >= 0.6 is 24.8 Å². The van der Waals surface area contributed by atoms with Crippen LogP contribution in [-0.2, 0) is 6.54 Å². The Morgan fingerprint density at radius 1 is 0.957 bits per heavy atom. The summed E-state index contributed by atoms with van der Waals surface area (Å²) in [7, 11) is 4.96. The minimum absolute atomic E-state index is 0. The molecule has 0 bridgehead atoms. The predicted octanol–water partition coefficient (Wildman–Crippen LogP) is 2.65. The number of hydrogen-bond acceptors (Lipinski definition) is 5. The summed E-state index contributed by atoms with van der Waals surface area (Å²) in [6.45, 7) is 4.07. The first-order chi connectivity index (χ1) is 10.3. The fourth-order valence-corrected chi connectivity index (χ4v) is 2.73. The monoisotopic (exact) mass is 366 g/mol. The normalized spacial score (nSPS) is 14.4. The number of halogens is 2. The average Bonchev–Trinajstić information content (AvgIpc) is 2.55. The molecule has 1 aliphatic rings. The number of benzene rings is 1. The van der Waals surface area contributed by atoms with Crippen molar-refractivity contribution in [1.82, 2.24) is 10.6 Å². The smallest absolute Gasteiger partial charge is 0.164 e. The van der Waals surface area contributed by atoms with Crippen LogP contribution in [0, 0.1) is 5.92 Å². The highest BCUT2D eigenvalue weighted by Crippen LogP contribution is 2.34. The van der Waals surface area contributed by atoms with Crippen molar-refractivity contribution in [2.24, 2.45) is 5.92 Å². The second kappa shape index (κ2) is 11.6. The SMILES string of the molecule is COc1cc(OC)c(OC)cc1CNCC1CCNCC1.Cl.Cl. The average molecular weight is 367 g/mol. The van der Waals surface area contributed by atoms with E-state index in [0.717, 1.165) is 49.2 Å². The fraction of sp³-hybridized carbons (Fsp3) is 0.625. The first-order valence-corrected chi connectivity index (χ1v) is 7.48. The van der Waals surface area contributed by atoms with E-state index in [9.17, 15) is 0 Å². The summed E-state index contributed by atoms with van der Waals surface area (Å²) in [4.78, 5) is 0. The van der Waals surface area contributed by atoms with Gasteiger partial charge in [-0.05, 0) is 44.5 Å². The lowest BCUT2D eigenvalue weighted by Crippen LogP contribution is -2.33. The third-order valence-electron chi connectivity index (χ3n) is 3.99. The lowest BCUT2D eigenvalue weighted by atomic mass is 9.98. The molecule has 0 aromatic heterocycles. The van der Waals surface area contributed by atoms with Crippen molar-refractivity contribution in [3.05, 3.63) is 17.7 Å². The first kappa shape index (κ1) is 22.1. The van der Waals surface area contributed by atoms with Gasteiger partial charge in [0.05, 0.1) is 21.3 Å². The van der Waals surface area contributed by atoms with Gasteiger partial charge in [0.2, 0.25) is 0 Å². The van der Waals surface area contributed by atoms with Crippen LogP contribution in [0.25, 0.3) is 0 Å². The Kier molecular flexibility index (Phi) is 11.2. The Morgan fingerprint density at radius 3 is 2.09 bits per heavy atom. The van der Waals surface area contributed by atoms with Crippen molar-refractivity contribution in [2.75, 3.05) is 41.0 Å². The predicted molar refractivity (Wildman–Crippen MR) is 97.9 cm³/mol. The van der Waals surface area contributed by atoms with Gasteiger partial charge in [0.1, 0.15) is 5.75 Å². The molecule has 0 amide bonds. The van der Waals surface area contributed by atoms with E-state index in [2.05, 4.69) is 10.6 Å². The number of nitrogens with one attached hydrogen (secondary N) is 2. The Labute approximate surface area is 151 Å². The van der Waals surface area contributed by atoms with Crippen LogP contribution in [0.4, 0.5) is 0 Å². The van der Waals surface area contributed by atoms with Gasteiger partial charge in [-0.2, -0.15) is 0 Å². The highest BCUT2D eigenvalue weighted by Gasteiger charge is 2.14. The zero-order valence-corrected chi connectivity index (χ0v) is 15.6. The molecule has 1 saturated heterocycles. The topological polar surface area (TPSA) is 51.8 Å². The van der Waals surface area contributed by atoms with Gasteiger partial charge in [-0.1, -0.05) is 0 Å². The number of methoxy groups -OCH3 is 3. The summed E-state index contributed by atoms with van der Waals surface area (Å²) in [5.74, 6) is 3.01. The van der Waals surface area contributed by atoms with E-state index in [0.29, 0.717) is 5.75 Å². The molecular formula is C16H28Cl2N2O3. The molecule has 2 rings (SSSR count). The number of piperidine rings is 1. The number of rotatable bonds is 7. The maximum Gasteiger partial charge on any atom is 0.164 e. The molecule has 0 atom stereocenters. The highest BCUT2D eigenvalue weighted by atomic mass is 35.5. The molecule has 0 radical (unpaired) electrons. The fourth-order valence-electron chi connectivity index (χ4n) is 2.73. The maximum atomic E-state index is 5.44. The second-order valence-corrected chi connectivity index (χ2v) is 5.34. The Morgan fingerprint density at radius 2 is 1.52 bits per heavy atom. The molecule has 1 aliphatic heterocycles. The zero-order valence-electron chi connectivity index (χ0n) is 14.0. The molecule has 5 nitrogen and oxygen atoms in total. The van der Waals surface area contributed by atoms with Crippen molar-refractivity contribution < 1.29 is 14.2 Å². The van der Waals surface area contributed by atoms with Crippen molar-refractivity contribution in [3.8, 4) is 17.2 Å². The van der Waals surface area contributed by atoms with Gasteiger partial charge in [0.15, 0.2) is 11.5 Å². The summed E-state index contributed by atoms with van der Waals surface area (Å²) in [6, 6.07) is 3.85. The molecule has 7 heteroatoms. The molecule has 1 aromatic rings. The molecule has 1 fully saturated rings. The number of ether oxygens (including phenoxy) is 3. The summed E-state index contributed by atoms with van der Waals surface area (Å²) in [6.07, 6.45) is 2.49. The van der Waals surface area contributed by atoms with Gasteiger partial charge < -0.3 is 24.8 Å². The lowest BCUT2D eigenvalue weighted by molar-refractivity contribution is 0.343. The van der Waals surface area contributed by atoms with Crippen LogP contribution in [0.5, 0.6) is 17.2 Å². The van der Waals surface area contributed by atoms with E-state index in [-0.39, 0.29) is 24.8 Å². The lowest BCUT2D eigenvalue weighted by Gasteiger charge is -2.23. The molecule has 134 valence electrons. The van der Waals surface area contributed by atoms with Crippen LogP contribution in [0.3, 0.4) is 0 Å². The molecule has 0 saturated carbocycles. The minimum Gasteiger partial charge on any atom is -0.496 e. The molecular weight excluding hydrogens is 339 g/mol. The molecule has 0 unspecified atom stereocenters. The van der Waals surface area contributed by atoms with E-state index in [1.165, 1.54) is 12.8 Å². The standard InChI is InChI=1S/C16H26N2O3.2ClH/c1-19-14-9-16(21-3)15(20-2)8-13(14)11-18-10-12-4-6-17-7-5-12;;/h8-9,12,17-18H,4-7,10-11H2,1-3H3;2*1H. The molecule has 1 heterocycles. The molecule has 2 N–H and O–H groups in total. The van der Waals surface area contributed by atoms with Gasteiger partial charge in [0, 0.05) is 18.2 Å². The van der Waals surface area contributed by atoms with Gasteiger partial charge in [-0.3, -0.25) is 0 Å². The van der Waals surface area contributed by atoms with E-state index in [4.69, 9.17) is 14.2 Å². The summed E-state index contributed by atoms with van der Waals surface area (Å²) < 4.78 is 16.1. The molecule has 23 heavy (non-hydrogen) atoms. The Hall–Kier alpha value is -0.880. The van der Waals surface area contributed by atoms with Crippen LogP contribution < -0.4 is 24.8 Å². The first-order valence-electron chi connectivity index (χ1n) is 7.48. The van der Waals surface area contributed by atoms with Crippen LogP contribution in [0.15, 0.2) is 12.1 Å². The highest BCUT2D eigenvalue weighted by molar-refractivity contribution is 5.85. The zero-order chi connectivity index (χ0) is 15.1. The quantitative estimate of drug-likeness (QED) is 0.776. The third-order valence-corrected chi connectivity index (χ3v) is 3.99. The van der Waals surface area contributed by atoms with Crippen LogP contribution in [-0.4, -0.2) is 41.0 Å². The maximum absolute atomic E-state index is 5.44. The summed E-state index contributed by atoms with van der Waals surface area (Å²) in [5.41, 5.74) is 1.09. The Balaban J connectivity index is 0.00000242. The van der Waals surface area contributed by atoms with Crippen LogP contribution in [0.2, 0.25) is 0 Å². The van der Waals surface area contributed by atoms with Crippen LogP contribution in [0.1, 0.15) is 18.4 Å². The minimum atomic E-state index is 0. The van der Waals surface area contributed by atoms with Crippen molar-refractivity contribution in [1.29, 1.82) is 0 Å².